The van der Waals surface area contributed by atoms with Crippen LogP contribution in [-0.2, 0) is 18.3 Å². The maximum atomic E-state index is 14.1. The topological polar surface area (TPSA) is 59.8 Å². The SMILES string of the molecule is Oc1ccc2c(c1)C13CCN(CCc4ncccc4F)CCC1(O)C(C2)N(CC1CC1)CC3. The van der Waals surface area contributed by atoms with Crippen LogP contribution in [0.4, 0.5) is 4.39 Å². The summed E-state index contributed by atoms with van der Waals surface area (Å²) in [6.07, 6.45) is 8.19. The van der Waals surface area contributed by atoms with Gasteiger partial charge in [-0.3, -0.25) is 9.88 Å². The number of aromatic nitrogens is 1. The zero-order valence-electron chi connectivity index (χ0n) is 19.2. The number of likely N-dealkylation sites (tertiary alicyclic amines) is 2. The summed E-state index contributed by atoms with van der Waals surface area (Å²) in [5.74, 6) is 0.836. The maximum absolute atomic E-state index is 14.1. The van der Waals surface area contributed by atoms with Gasteiger partial charge in [-0.05, 0) is 92.9 Å². The number of phenols is 1. The Labute approximate surface area is 195 Å². The van der Waals surface area contributed by atoms with Gasteiger partial charge in [-0.25, -0.2) is 4.39 Å². The summed E-state index contributed by atoms with van der Waals surface area (Å²) in [4.78, 5) is 9.17. The Bertz CT molecular complexity index is 1040. The zero-order valence-corrected chi connectivity index (χ0v) is 19.2. The molecule has 3 unspecified atom stereocenters. The first kappa shape index (κ1) is 21.5. The second-order valence-corrected chi connectivity index (χ2v) is 10.8. The maximum Gasteiger partial charge on any atom is 0.144 e. The van der Waals surface area contributed by atoms with E-state index in [0.717, 1.165) is 63.5 Å². The summed E-state index contributed by atoms with van der Waals surface area (Å²) in [5.41, 5.74) is 1.80. The largest absolute Gasteiger partial charge is 0.508 e. The first-order chi connectivity index (χ1) is 16.0. The highest BCUT2D eigenvalue weighted by Gasteiger charge is 2.63. The molecule has 3 heterocycles. The molecule has 33 heavy (non-hydrogen) atoms. The number of pyridine rings is 1. The van der Waals surface area contributed by atoms with Gasteiger partial charge >= 0.3 is 0 Å². The lowest BCUT2D eigenvalue weighted by Gasteiger charge is -2.61. The number of piperidine rings is 1. The number of fused-ring (bicyclic) bond motifs is 1. The van der Waals surface area contributed by atoms with Crippen molar-refractivity contribution in [2.24, 2.45) is 5.92 Å². The molecule has 0 amide bonds. The van der Waals surface area contributed by atoms with Crippen molar-refractivity contribution in [3.8, 4) is 5.75 Å². The average Bonchev–Trinajstić information content (AvgIpc) is 3.63. The number of nitrogens with zero attached hydrogens (tertiary/aromatic N) is 3. The predicted octanol–water partition coefficient (Wildman–Crippen LogP) is 3.27. The number of aliphatic hydroxyl groups is 1. The molecule has 2 N–H and O–H groups in total. The van der Waals surface area contributed by atoms with Gasteiger partial charge < -0.3 is 15.1 Å². The third kappa shape index (κ3) is 3.58. The number of hydrogen-bond donors (Lipinski definition) is 2. The van der Waals surface area contributed by atoms with Crippen LogP contribution < -0.4 is 0 Å². The fraction of sp³-hybridized carbons (Fsp3) is 0.593. The predicted molar refractivity (Wildman–Crippen MR) is 125 cm³/mol. The van der Waals surface area contributed by atoms with Crippen molar-refractivity contribution in [2.45, 2.75) is 62.0 Å². The number of phenolic OH excluding ortho intramolecular Hbond substituents is 1. The summed E-state index contributed by atoms with van der Waals surface area (Å²) >= 11 is 0. The lowest BCUT2D eigenvalue weighted by molar-refractivity contribution is -0.149. The molecule has 2 aromatic rings. The quantitative estimate of drug-likeness (QED) is 0.731. The van der Waals surface area contributed by atoms with E-state index in [1.54, 1.807) is 18.3 Å². The smallest absolute Gasteiger partial charge is 0.144 e. The second-order valence-electron chi connectivity index (χ2n) is 10.8. The minimum absolute atomic E-state index is 0.122. The summed E-state index contributed by atoms with van der Waals surface area (Å²) in [7, 11) is 0. The summed E-state index contributed by atoms with van der Waals surface area (Å²) in [6, 6.07) is 9.02. The Morgan fingerprint density at radius 2 is 1.91 bits per heavy atom. The summed E-state index contributed by atoms with van der Waals surface area (Å²) < 4.78 is 14.1. The van der Waals surface area contributed by atoms with Gasteiger partial charge in [-0.1, -0.05) is 6.07 Å². The van der Waals surface area contributed by atoms with E-state index >= 15 is 0 Å². The van der Waals surface area contributed by atoms with Crippen LogP contribution in [0.15, 0.2) is 36.5 Å². The van der Waals surface area contributed by atoms with E-state index in [-0.39, 0.29) is 23.0 Å². The van der Waals surface area contributed by atoms with Gasteiger partial charge in [0, 0.05) is 43.7 Å². The molecule has 2 saturated heterocycles. The van der Waals surface area contributed by atoms with Crippen LogP contribution in [0.1, 0.15) is 48.9 Å². The highest BCUT2D eigenvalue weighted by Crippen LogP contribution is 2.56. The van der Waals surface area contributed by atoms with Gasteiger partial charge in [-0.2, -0.15) is 0 Å². The highest BCUT2D eigenvalue weighted by molar-refractivity contribution is 5.48. The molecule has 4 aliphatic rings. The minimum atomic E-state index is -0.814. The van der Waals surface area contributed by atoms with Gasteiger partial charge in [-0.15, -0.1) is 0 Å². The van der Waals surface area contributed by atoms with Crippen molar-refractivity contribution in [1.29, 1.82) is 0 Å². The Morgan fingerprint density at radius 1 is 1.09 bits per heavy atom. The van der Waals surface area contributed by atoms with Crippen LogP contribution >= 0.6 is 0 Å². The molecule has 2 bridgehead atoms. The molecule has 0 spiro atoms. The molecule has 6 heteroatoms. The van der Waals surface area contributed by atoms with Crippen molar-refractivity contribution in [2.75, 3.05) is 32.7 Å². The van der Waals surface area contributed by atoms with E-state index in [0.29, 0.717) is 18.5 Å². The molecule has 6 rings (SSSR count). The molecule has 2 aliphatic carbocycles. The van der Waals surface area contributed by atoms with E-state index in [2.05, 4.69) is 20.9 Å². The van der Waals surface area contributed by atoms with Crippen molar-refractivity contribution in [3.63, 3.8) is 0 Å². The van der Waals surface area contributed by atoms with Crippen LogP contribution in [-0.4, -0.2) is 69.4 Å². The number of benzene rings is 1. The zero-order chi connectivity index (χ0) is 22.6. The third-order valence-electron chi connectivity index (χ3n) is 9.02. The molecular formula is C27H34FN3O2. The summed E-state index contributed by atoms with van der Waals surface area (Å²) in [5, 5.41) is 22.9. The van der Waals surface area contributed by atoms with E-state index in [9.17, 15) is 14.6 Å². The number of halogens is 1. The Balaban J connectivity index is 1.31. The minimum Gasteiger partial charge on any atom is -0.508 e. The van der Waals surface area contributed by atoms with Crippen LogP contribution in [0.25, 0.3) is 0 Å². The third-order valence-corrected chi connectivity index (χ3v) is 9.02. The van der Waals surface area contributed by atoms with Crippen molar-refractivity contribution < 1.29 is 14.6 Å². The molecule has 1 aromatic carbocycles. The first-order valence-electron chi connectivity index (χ1n) is 12.6. The molecule has 3 fully saturated rings. The molecule has 1 aromatic heterocycles. The Morgan fingerprint density at radius 3 is 2.73 bits per heavy atom. The van der Waals surface area contributed by atoms with E-state index < -0.39 is 5.60 Å². The first-order valence-corrected chi connectivity index (χ1v) is 12.6. The van der Waals surface area contributed by atoms with Crippen LogP contribution in [0.3, 0.4) is 0 Å². The molecular weight excluding hydrogens is 417 g/mol. The van der Waals surface area contributed by atoms with Crippen LogP contribution in [0.2, 0.25) is 0 Å². The standard InChI is InChI=1S/C27H34FN3O2/c28-23-2-1-11-29-24(23)7-12-30-13-8-26-9-15-31(18-19-3-4-19)25(27(26,33)10-14-30)16-20-5-6-21(32)17-22(20)26/h1-2,5-6,11,17,19,25,32-33H,3-4,7-10,12-16,18H2. The molecule has 2 aliphatic heterocycles. The van der Waals surface area contributed by atoms with Crippen LogP contribution in [0.5, 0.6) is 5.75 Å². The number of rotatable bonds is 5. The molecule has 3 atom stereocenters. The highest BCUT2D eigenvalue weighted by atomic mass is 19.1. The lowest BCUT2D eigenvalue weighted by Crippen LogP contribution is -2.71. The van der Waals surface area contributed by atoms with Gasteiger partial charge in [0.15, 0.2) is 0 Å². The van der Waals surface area contributed by atoms with E-state index in [4.69, 9.17) is 0 Å². The van der Waals surface area contributed by atoms with Crippen molar-refractivity contribution >= 4 is 0 Å². The second kappa shape index (κ2) is 8.03. The normalized spacial score (nSPS) is 32.1. The average molecular weight is 452 g/mol. The number of aromatic hydroxyl groups is 1. The molecule has 5 nitrogen and oxygen atoms in total. The monoisotopic (exact) mass is 451 g/mol. The summed E-state index contributed by atoms with van der Waals surface area (Å²) in [6.45, 7) is 4.51. The van der Waals surface area contributed by atoms with Gasteiger partial charge in [0.05, 0.1) is 11.3 Å². The van der Waals surface area contributed by atoms with Gasteiger partial charge in [0.25, 0.3) is 0 Å². The molecule has 1 saturated carbocycles. The van der Waals surface area contributed by atoms with Gasteiger partial charge in [0.1, 0.15) is 11.6 Å². The van der Waals surface area contributed by atoms with E-state index in [1.807, 2.05) is 6.07 Å². The number of hydrogen-bond acceptors (Lipinski definition) is 5. The van der Waals surface area contributed by atoms with Gasteiger partial charge in [0.2, 0.25) is 0 Å². The van der Waals surface area contributed by atoms with E-state index in [1.165, 1.54) is 24.5 Å². The van der Waals surface area contributed by atoms with Crippen molar-refractivity contribution in [1.82, 2.24) is 14.8 Å². The Kier molecular flexibility index (Phi) is 5.24. The molecule has 176 valence electrons. The fourth-order valence-corrected chi connectivity index (χ4v) is 7.00. The fourth-order valence-electron chi connectivity index (χ4n) is 7.00. The lowest BCUT2D eigenvalue weighted by atomic mass is 9.52. The van der Waals surface area contributed by atoms with Crippen molar-refractivity contribution in [3.05, 3.63) is 59.2 Å². The van der Waals surface area contributed by atoms with Crippen LogP contribution in [0, 0.1) is 11.7 Å². The molecule has 0 radical (unpaired) electrons. The Hall–Kier alpha value is -2.02.